The summed E-state index contributed by atoms with van der Waals surface area (Å²) in [6, 6.07) is 2.54. The highest BCUT2D eigenvalue weighted by Gasteiger charge is 2.09. The summed E-state index contributed by atoms with van der Waals surface area (Å²) in [7, 11) is 0. The molecule has 0 amide bonds. The van der Waals surface area contributed by atoms with Crippen molar-refractivity contribution in [3.63, 3.8) is 0 Å². The number of hydrogen-bond donors (Lipinski definition) is 2. The van der Waals surface area contributed by atoms with E-state index in [4.69, 9.17) is 22.4 Å². The fourth-order valence-electron chi connectivity index (χ4n) is 1.19. The molecule has 1 unspecified atom stereocenters. The van der Waals surface area contributed by atoms with E-state index < -0.39 is 6.04 Å². The van der Waals surface area contributed by atoms with Crippen LogP contribution in [0.1, 0.15) is 11.1 Å². The molecule has 2 nitrogen and oxygen atoms in total. The Kier molecular flexibility index (Phi) is 3.86. The molecule has 1 rings (SSSR count). The zero-order valence-corrected chi connectivity index (χ0v) is 8.68. The zero-order chi connectivity index (χ0) is 10.7. The Labute approximate surface area is 87.5 Å². The Balaban J connectivity index is 2.92. The van der Waals surface area contributed by atoms with Crippen LogP contribution in [0.5, 0.6) is 0 Å². The molecule has 0 heterocycles. The molecule has 0 aromatic heterocycles. The number of halogens is 2. The van der Waals surface area contributed by atoms with Crippen molar-refractivity contribution in [1.29, 1.82) is 0 Å². The summed E-state index contributed by atoms with van der Waals surface area (Å²) < 4.78 is 13.2. The molecule has 0 aliphatic heterocycles. The van der Waals surface area contributed by atoms with Crippen LogP contribution in [0, 0.1) is 12.7 Å². The van der Waals surface area contributed by atoms with Crippen LogP contribution >= 0.6 is 11.6 Å². The standard InChI is InChI=1S/C10H13ClFNO/c1-6-2-9(11)7(4-10(6)12)3-8(13)5-14/h2,4,8,14H,3,5,13H2,1H3. The first kappa shape index (κ1) is 11.4. The van der Waals surface area contributed by atoms with Gasteiger partial charge in [-0.25, -0.2) is 4.39 Å². The molecular weight excluding hydrogens is 205 g/mol. The van der Waals surface area contributed by atoms with E-state index in [1.165, 1.54) is 6.07 Å². The predicted molar refractivity (Wildman–Crippen MR) is 54.9 cm³/mol. The second-order valence-electron chi connectivity index (χ2n) is 3.34. The zero-order valence-electron chi connectivity index (χ0n) is 7.93. The number of aryl methyl sites for hydroxylation is 1. The molecule has 0 saturated carbocycles. The minimum atomic E-state index is -0.394. The van der Waals surface area contributed by atoms with Crippen molar-refractivity contribution >= 4 is 11.6 Å². The Morgan fingerprint density at radius 3 is 2.79 bits per heavy atom. The van der Waals surface area contributed by atoms with E-state index in [9.17, 15) is 4.39 Å². The van der Waals surface area contributed by atoms with E-state index in [0.29, 0.717) is 22.6 Å². The molecule has 0 aliphatic carbocycles. The first-order chi connectivity index (χ1) is 6.54. The van der Waals surface area contributed by atoms with Gasteiger partial charge in [-0.1, -0.05) is 11.6 Å². The van der Waals surface area contributed by atoms with Crippen LogP contribution in [0.2, 0.25) is 5.02 Å². The summed E-state index contributed by atoms with van der Waals surface area (Å²) in [5.41, 5.74) is 6.68. The molecule has 0 radical (unpaired) electrons. The average Bonchev–Trinajstić information content (AvgIpc) is 2.14. The van der Waals surface area contributed by atoms with Crippen molar-refractivity contribution in [2.75, 3.05) is 6.61 Å². The van der Waals surface area contributed by atoms with Gasteiger partial charge in [-0.15, -0.1) is 0 Å². The van der Waals surface area contributed by atoms with E-state index in [1.807, 2.05) is 0 Å². The van der Waals surface area contributed by atoms with Crippen LogP contribution in [0.3, 0.4) is 0 Å². The van der Waals surface area contributed by atoms with Crippen LogP contribution in [0.4, 0.5) is 4.39 Å². The van der Waals surface area contributed by atoms with Gasteiger partial charge in [-0.05, 0) is 36.6 Å². The van der Waals surface area contributed by atoms with Gasteiger partial charge >= 0.3 is 0 Å². The van der Waals surface area contributed by atoms with Gasteiger partial charge in [-0.3, -0.25) is 0 Å². The number of aliphatic hydroxyl groups excluding tert-OH is 1. The van der Waals surface area contributed by atoms with Gasteiger partial charge < -0.3 is 10.8 Å². The Bertz CT molecular complexity index is 330. The topological polar surface area (TPSA) is 46.2 Å². The highest BCUT2D eigenvalue weighted by molar-refractivity contribution is 6.31. The minimum absolute atomic E-state index is 0.133. The third kappa shape index (κ3) is 2.67. The Morgan fingerprint density at radius 2 is 2.21 bits per heavy atom. The number of nitrogens with two attached hydrogens (primary N) is 1. The van der Waals surface area contributed by atoms with Crippen LogP contribution < -0.4 is 5.73 Å². The summed E-state index contributed by atoms with van der Waals surface area (Å²) in [6.45, 7) is 1.52. The van der Waals surface area contributed by atoms with Gasteiger partial charge in [0, 0.05) is 11.1 Å². The Morgan fingerprint density at radius 1 is 1.57 bits per heavy atom. The summed E-state index contributed by atoms with van der Waals surface area (Å²) in [5, 5.41) is 9.24. The lowest BCUT2D eigenvalue weighted by atomic mass is 10.0. The van der Waals surface area contributed by atoms with E-state index in [1.54, 1.807) is 13.0 Å². The molecular formula is C10H13ClFNO. The van der Waals surface area contributed by atoms with Crippen LogP contribution in [-0.2, 0) is 6.42 Å². The molecule has 0 saturated heterocycles. The molecule has 3 N–H and O–H groups in total. The number of benzene rings is 1. The summed E-state index contributed by atoms with van der Waals surface area (Å²) >= 11 is 5.90. The fourth-order valence-corrected chi connectivity index (χ4v) is 1.49. The summed E-state index contributed by atoms with van der Waals surface area (Å²) in [6.07, 6.45) is 0.381. The van der Waals surface area contributed by atoms with Crippen molar-refractivity contribution in [2.24, 2.45) is 5.73 Å². The van der Waals surface area contributed by atoms with E-state index in [0.717, 1.165) is 0 Å². The lowest BCUT2D eigenvalue weighted by Gasteiger charge is -2.10. The molecule has 4 heteroatoms. The van der Waals surface area contributed by atoms with Crippen molar-refractivity contribution < 1.29 is 9.50 Å². The smallest absolute Gasteiger partial charge is 0.126 e. The summed E-state index contributed by atoms with van der Waals surface area (Å²) in [5.74, 6) is -0.297. The van der Waals surface area contributed by atoms with Crippen molar-refractivity contribution in [3.05, 3.63) is 34.1 Å². The normalized spacial score (nSPS) is 12.9. The molecule has 0 spiro atoms. The second-order valence-corrected chi connectivity index (χ2v) is 3.75. The predicted octanol–water partition coefficient (Wildman–Crippen LogP) is 1.65. The molecule has 1 atom stereocenters. The lowest BCUT2D eigenvalue weighted by Crippen LogP contribution is -2.27. The number of hydrogen-bond acceptors (Lipinski definition) is 2. The van der Waals surface area contributed by atoms with Crippen molar-refractivity contribution in [2.45, 2.75) is 19.4 Å². The number of aliphatic hydroxyl groups is 1. The quantitative estimate of drug-likeness (QED) is 0.809. The van der Waals surface area contributed by atoms with Crippen LogP contribution in [0.15, 0.2) is 12.1 Å². The Hall–Kier alpha value is -0.640. The highest BCUT2D eigenvalue weighted by Crippen LogP contribution is 2.21. The molecule has 78 valence electrons. The molecule has 0 fully saturated rings. The maximum atomic E-state index is 13.2. The molecule has 0 aliphatic rings. The van der Waals surface area contributed by atoms with Crippen molar-refractivity contribution in [3.8, 4) is 0 Å². The van der Waals surface area contributed by atoms with Gasteiger partial charge in [0.05, 0.1) is 6.61 Å². The molecule has 0 bridgehead atoms. The largest absolute Gasteiger partial charge is 0.395 e. The van der Waals surface area contributed by atoms with E-state index >= 15 is 0 Å². The van der Waals surface area contributed by atoms with Gasteiger partial charge in [0.15, 0.2) is 0 Å². The number of rotatable bonds is 3. The van der Waals surface area contributed by atoms with E-state index in [2.05, 4.69) is 0 Å². The van der Waals surface area contributed by atoms with Gasteiger partial charge in [0.1, 0.15) is 5.82 Å². The van der Waals surface area contributed by atoms with Gasteiger partial charge in [0.2, 0.25) is 0 Å². The molecule has 1 aromatic rings. The summed E-state index contributed by atoms with van der Waals surface area (Å²) in [4.78, 5) is 0. The minimum Gasteiger partial charge on any atom is -0.395 e. The third-order valence-corrected chi connectivity index (χ3v) is 2.40. The third-order valence-electron chi connectivity index (χ3n) is 2.04. The average molecular weight is 218 g/mol. The second kappa shape index (κ2) is 4.73. The van der Waals surface area contributed by atoms with E-state index in [-0.39, 0.29) is 12.4 Å². The fraction of sp³-hybridized carbons (Fsp3) is 0.400. The lowest BCUT2D eigenvalue weighted by molar-refractivity contribution is 0.265. The van der Waals surface area contributed by atoms with Crippen LogP contribution in [0.25, 0.3) is 0 Å². The highest BCUT2D eigenvalue weighted by atomic mass is 35.5. The molecule has 1 aromatic carbocycles. The molecule has 14 heavy (non-hydrogen) atoms. The van der Waals surface area contributed by atoms with Crippen LogP contribution in [-0.4, -0.2) is 17.8 Å². The maximum absolute atomic E-state index is 13.2. The first-order valence-corrected chi connectivity index (χ1v) is 4.73. The van der Waals surface area contributed by atoms with Gasteiger partial charge in [-0.2, -0.15) is 0 Å². The monoisotopic (exact) mass is 217 g/mol. The van der Waals surface area contributed by atoms with Crippen molar-refractivity contribution in [1.82, 2.24) is 0 Å². The van der Waals surface area contributed by atoms with Gasteiger partial charge in [0.25, 0.3) is 0 Å². The SMILES string of the molecule is Cc1cc(Cl)c(CC(N)CO)cc1F. The first-order valence-electron chi connectivity index (χ1n) is 4.35. The maximum Gasteiger partial charge on any atom is 0.126 e.